The van der Waals surface area contributed by atoms with Crippen molar-refractivity contribution in [3.05, 3.63) is 0 Å². The molecule has 8 nitrogen and oxygen atoms in total. The zero-order valence-electron chi connectivity index (χ0n) is 12.4. The van der Waals surface area contributed by atoms with Crippen molar-refractivity contribution in [1.29, 1.82) is 0 Å². The molecule has 0 aliphatic carbocycles. The van der Waals surface area contributed by atoms with Crippen molar-refractivity contribution in [2.45, 2.75) is 41.2 Å². The molecule has 3 atom stereocenters. The molecule has 0 spiro atoms. The molecular formula is C12H15Br3O8. The van der Waals surface area contributed by atoms with E-state index in [9.17, 15) is 19.2 Å². The first-order valence-corrected chi connectivity index (χ1v) is 8.50. The molecule has 23 heavy (non-hydrogen) atoms. The largest absolute Gasteiger partial charge is 0.462 e. The fraction of sp³-hybridized carbons (Fsp3) is 0.667. The minimum Gasteiger partial charge on any atom is -0.462 e. The first kappa shape index (κ1) is 22.3. The Morgan fingerprint density at radius 1 is 1.00 bits per heavy atom. The van der Waals surface area contributed by atoms with E-state index < -0.39 is 45.0 Å². The number of carbonyl (C=O) groups excluding carboxylic acids is 4. The van der Waals surface area contributed by atoms with E-state index in [-0.39, 0.29) is 6.47 Å². The van der Waals surface area contributed by atoms with E-state index in [4.69, 9.17) is 18.9 Å². The molecule has 0 radical (unpaired) electrons. The Bertz CT molecular complexity index is 448. The van der Waals surface area contributed by atoms with Gasteiger partial charge >= 0.3 is 17.9 Å². The van der Waals surface area contributed by atoms with Gasteiger partial charge in [-0.05, 0) is 0 Å². The Balaban J connectivity index is 5.60. The molecule has 132 valence electrons. The minimum absolute atomic E-state index is 0.105. The fourth-order valence-corrected chi connectivity index (χ4v) is 2.57. The Morgan fingerprint density at radius 3 is 1.87 bits per heavy atom. The van der Waals surface area contributed by atoms with Crippen molar-refractivity contribution in [3.8, 4) is 0 Å². The molecule has 0 N–H and O–H groups in total. The monoisotopic (exact) mass is 524 g/mol. The first-order chi connectivity index (χ1) is 10.5. The smallest absolute Gasteiger partial charge is 0.303 e. The average molecular weight is 527 g/mol. The number of rotatable bonds is 8. The van der Waals surface area contributed by atoms with Crippen LogP contribution >= 0.6 is 47.8 Å². The summed E-state index contributed by atoms with van der Waals surface area (Å²) in [5.41, 5.74) is 0. The summed E-state index contributed by atoms with van der Waals surface area (Å²) in [5.74, 6) is -2.02. The maximum atomic E-state index is 11.4. The topological polar surface area (TPSA) is 105 Å². The average Bonchev–Trinajstić information content (AvgIpc) is 2.36. The third kappa shape index (κ3) is 9.26. The molecule has 0 fully saturated rings. The molecule has 0 saturated carbocycles. The minimum atomic E-state index is -1.26. The normalized spacial score (nSPS) is 14.9. The summed E-state index contributed by atoms with van der Waals surface area (Å²) in [7, 11) is 0. The molecule has 0 aromatic rings. The van der Waals surface area contributed by atoms with Crippen LogP contribution in [0.25, 0.3) is 0 Å². The predicted molar refractivity (Wildman–Crippen MR) is 88.2 cm³/mol. The lowest BCUT2D eigenvalue weighted by Crippen LogP contribution is -2.51. The molecule has 0 aromatic heterocycles. The third-order valence-corrected chi connectivity index (χ3v) is 3.62. The van der Waals surface area contributed by atoms with Crippen LogP contribution in [0.5, 0.6) is 0 Å². The van der Waals surface area contributed by atoms with Gasteiger partial charge < -0.3 is 18.9 Å². The molecule has 0 saturated heterocycles. The van der Waals surface area contributed by atoms with Gasteiger partial charge in [-0.1, -0.05) is 47.8 Å². The molecule has 0 heterocycles. The van der Waals surface area contributed by atoms with Gasteiger partial charge in [-0.2, -0.15) is 0 Å². The van der Waals surface area contributed by atoms with Gasteiger partial charge in [0.25, 0.3) is 6.47 Å². The van der Waals surface area contributed by atoms with E-state index in [1.54, 1.807) is 0 Å². The number of esters is 3. The number of ether oxygens (including phenoxy) is 4. The van der Waals surface area contributed by atoms with Gasteiger partial charge in [-0.15, -0.1) is 0 Å². The maximum Gasteiger partial charge on any atom is 0.303 e. The Hall–Kier alpha value is -0.680. The summed E-state index contributed by atoms with van der Waals surface area (Å²) in [6.45, 7) is 3.14. The van der Waals surface area contributed by atoms with Crippen molar-refractivity contribution < 1.29 is 38.1 Å². The van der Waals surface area contributed by atoms with Crippen LogP contribution in [0.2, 0.25) is 0 Å². The van der Waals surface area contributed by atoms with Crippen LogP contribution in [0.4, 0.5) is 0 Å². The highest BCUT2D eigenvalue weighted by Gasteiger charge is 2.47. The summed E-state index contributed by atoms with van der Waals surface area (Å²) in [4.78, 5) is 44.3. The van der Waals surface area contributed by atoms with E-state index >= 15 is 0 Å². The van der Waals surface area contributed by atoms with Crippen molar-refractivity contribution in [1.82, 2.24) is 0 Å². The van der Waals surface area contributed by atoms with Gasteiger partial charge in [0.15, 0.2) is 20.5 Å². The molecule has 0 rings (SSSR count). The molecule has 0 bridgehead atoms. The van der Waals surface area contributed by atoms with Crippen molar-refractivity contribution in [2.24, 2.45) is 0 Å². The predicted octanol–water partition coefficient (Wildman–Crippen LogP) is 1.79. The molecule has 0 aliphatic rings. The zero-order chi connectivity index (χ0) is 18.2. The molecule has 0 aliphatic heterocycles. The summed E-state index contributed by atoms with van der Waals surface area (Å²) >= 11 is 9.53. The van der Waals surface area contributed by atoms with Crippen LogP contribution < -0.4 is 0 Å². The number of carbonyl (C=O) groups is 4. The first-order valence-electron chi connectivity index (χ1n) is 6.12. The highest BCUT2D eigenvalue weighted by Crippen LogP contribution is 2.42. The summed E-state index contributed by atoms with van der Waals surface area (Å²) in [6, 6.07) is 0. The van der Waals surface area contributed by atoms with Crippen LogP contribution in [0, 0.1) is 0 Å². The van der Waals surface area contributed by atoms with Gasteiger partial charge in [-0.3, -0.25) is 19.2 Å². The molecule has 0 unspecified atom stereocenters. The van der Waals surface area contributed by atoms with Gasteiger partial charge in [0.1, 0.15) is 6.61 Å². The summed E-state index contributed by atoms with van der Waals surface area (Å²) in [6.07, 6.45) is -3.62. The molecule has 0 aromatic carbocycles. The lowest BCUT2D eigenvalue weighted by molar-refractivity contribution is -0.184. The molecule has 0 amide bonds. The Morgan fingerprint density at radius 2 is 1.52 bits per heavy atom. The SMILES string of the molecule is CC(=O)OC[C@@H](OC=O)[C@@H](OC(C)=O)[C@H](OC(C)=O)C(Br)(Br)Br. The Kier molecular flexibility index (Phi) is 9.94. The number of alkyl halides is 3. The number of halogens is 3. The van der Waals surface area contributed by atoms with Crippen LogP contribution in [0.15, 0.2) is 0 Å². The van der Waals surface area contributed by atoms with Crippen molar-refractivity contribution in [3.63, 3.8) is 0 Å². The van der Waals surface area contributed by atoms with Crippen LogP contribution in [0.3, 0.4) is 0 Å². The molecule has 11 heteroatoms. The summed E-state index contributed by atoms with van der Waals surface area (Å²) < 4.78 is 18.6. The van der Waals surface area contributed by atoms with E-state index in [1.807, 2.05) is 0 Å². The van der Waals surface area contributed by atoms with E-state index in [2.05, 4.69) is 47.8 Å². The highest BCUT2D eigenvalue weighted by atomic mass is 80.0. The van der Waals surface area contributed by atoms with E-state index in [0.29, 0.717) is 0 Å². The second-order valence-corrected chi connectivity index (χ2v) is 11.2. The van der Waals surface area contributed by atoms with Crippen LogP contribution in [0.1, 0.15) is 20.8 Å². The van der Waals surface area contributed by atoms with Gasteiger partial charge in [-0.25, -0.2) is 0 Å². The van der Waals surface area contributed by atoms with E-state index in [0.717, 1.165) is 20.8 Å². The zero-order valence-corrected chi connectivity index (χ0v) is 17.2. The van der Waals surface area contributed by atoms with Crippen molar-refractivity contribution in [2.75, 3.05) is 6.61 Å². The van der Waals surface area contributed by atoms with Gasteiger partial charge in [0, 0.05) is 20.8 Å². The van der Waals surface area contributed by atoms with Crippen molar-refractivity contribution >= 4 is 72.2 Å². The quantitative estimate of drug-likeness (QED) is 0.204. The second-order valence-electron chi connectivity index (χ2n) is 4.22. The van der Waals surface area contributed by atoms with E-state index in [1.165, 1.54) is 0 Å². The van der Waals surface area contributed by atoms with Gasteiger partial charge in [0.2, 0.25) is 0 Å². The fourth-order valence-electron chi connectivity index (χ4n) is 1.51. The van der Waals surface area contributed by atoms with Crippen LogP contribution in [-0.2, 0) is 38.1 Å². The standard InChI is InChI=1S/C12H15Br3O8/c1-6(17)20-4-9(21-5-16)10(22-7(2)18)11(12(13,14)15)23-8(3)19/h5,9-11H,4H2,1-3H3/t9-,10-,11+/m1/s1. The van der Waals surface area contributed by atoms with Crippen LogP contribution in [-0.4, -0.2) is 51.4 Å². The number of hydrogen-bond donors (Lipinski definition) is 0. The lowest BCUT2D eigenvalue weighted by atomic mass is 10.1. The lowest BCUT2D eigenvalue weighted by Gasteiger charge is -2.34. The highest BCUT2D eigenvalue weighted by molar-refractivity contribution is 9.39. The third-order valence-electron chi connectivity index (χ3n) is 2.26. The second kappa shape index (κ2) is 10.2. The maximum absolute atomic E-state index is 11.4. The van der Waals surface area contributed by atoms with Gasteiger partial charge in [0.05, 0.1) is 0 Å². The number of hydrogen-bond acceptors (Lipinski definition) is 8. The Labute approximate surface area is 157 Å². The summed E-state index contributed by atoms with van der Waals surface area (Å²) in [5, 5.41) is 0. The molecular weight excluding hydrogens is 512 g/mol.